The molecule has 0 spiro atoms. The zero-order valence-electron chi connectivity index (χ0n) is 20.2. The van der Waals surface area contributed by atoms with Crippen LogP contribution < -0.4 is 20.9 Å². The van der Waals surface area contributed by atoms with Crippen molar-refractivity contribution in [1.29, 1.82) is 0 Å². The van der Waals surface area contributed by atoms with Crippen molar-refractivity contribution < 1.29 is 33.5 Å². The highest BCUT2D eigenvalue weighted by Crippen LogP contribution is 2.47. The van der Waals surface area contributed by atoms with Gasteiger partial charge in [-0.05, 0) is 51.6 Å². The highest BCUT2D eigenvalue weighted by molar-refractivity contribution is 8.09. The molecule has 3 rings (SSSR count). The standard InChI is InChI=1S/C22H30N3O9PS/c1-13(2)32-19(28)14(3)24-35(36,34-15-8-6-5-7-9-15)31-12-16-18(27)22(4,30)20(33-16)25-11-10-17(26)23-21(25)29/h5-11,13-14,16,18,20,27,30H,12H2,1-4H3,(H,24,36)(H,23,26,29). The van der Waals surface area contributed by atoms with Gasteiger partial charge in [0.25, 0.3) is 5.56 Å². The third-order valence-electron chi connectivity index (χ3n) is 5.29. The van der Waals surface area contributed by atoms with Gasteiger partial charge in [-0.25, -0.2) is 9.88 Å². The summed E-state index contributed by atoms with van der Waals surface area (Å²) >= 11 is 5.63. The average Bonchev–Trinajstić information content (AvgIpc) is 3.01. The van der Waals surface area contributed by atoms with Crippen molar-refractivity contribution in [2.24, 2.45) is 0 Å². The Morgan fingerprint density at radius 1 is 1.28 bits per heavy atom. The van der Waals surface area contributed by atoms with Crippen LogP contribution in [-0.4, -0.2) is 62.3 Å². The Bertz CT molecular complexity index is 1220. The van der Waals surface area contributed by atoms with Gasteiger partial charge in [-0.3, -0.25) is 19.1 Å². The molecule has 14 heteroatoms. The molecule has 0 amide bonds. The van der Waals surface area contributed by atoms with Crippen LogP contribution >= 0.6 is 6.64 Å². The van der Waals surface area contributed by atoms with Crippen LogP contribution in [0.25, 0.3) is 0 Å². The third kappa shape index (κ3) is 6.68. The Hall–Kier alpha value is -2.38. The zero-order valence-corrected chi connectivity index (χ0v) is 21.9. The van der Waals surface area contributed by atoms with Crippen molar-refractivity contribution in [3.63, 3.8) is 0 Å². The van der Waals surface area contributed by atoms with Crippen LogP contribution in [0.1, 0.15) is 33.9 Å². The van der Waals surface area contributed by atoms with Crippen molar-refractivity contribution in [2.75, 3.05) is 6.61 Å². The molecular weight excluding hydrogens is 513 g/mol. The largest absolute Gasteiger partial charge is 0.462 e. The second kappa shape index (κ2) is 11.3. The van der Waals surface area contributed by atoms with Crippen LogP contribution in [0.2, 0.25) is 0 Å². The number of aromatic nitrogens is 2. The van der Waals surface area contributed by atoms with Crippen molar-refractivity contribution in [1.82, 2.24) is 14.6 Å². The molecule has 1 saturated heterocycles. The average molecular weight is 544 g/mol. The maximum Gasteiger partial charge on any atom is 0.330 e. The fourth-order valence-corrected chi connectivity index (χ4v) is 5.91. The lowest BCUT2D eigenvalue weighted by Crippen LogP contribution is -2.47. The van der Waals surface area contributed by atoms with Gasteiger partial charge in [-0.15, -0.1) is 0 Å². The van der Waals surface area contributed by atoms with Crippen LogP contribution in [0.3, 0.4) is 0 Å². The highest BCUT2D eigenvalue weighted by Gasteiger charge is 2.53. The summed E-state index contributed by atoms with van der Waals surface area (Å²) in [5.41, 5.74) is -3.36. The van der Waals surface area contributed by atoms with Gasteiger partial charge in [-0.2, -0.15) is 0 Å². The van der Waals surface area contributed by atoms with Crippen LogP contribution in [0.4, 0.5) is 0 Å². The molecule has 0 radical (unpaired) electrons. The number of aromatic amines is 1. The van der Waals surface area contributed by atoms with Gasteiger partial charge in [-0.1, -0.05) is 18.2 Å². The summed E-state index contributed by atoms with van der Waals surface area (Å²) < 4.78 is 23.7. The normalized spacial score (nSPS) is 26.4. The SMILES string of the molecule is CC(C)OC(=O)C(C)NP(=S)(OCC1OC(n2ccc(=O)[nH]c2=O)C(C)(O)C1O)Oc1ccccc1. The number of nitrogens with one attached hydrogen (secondary N) is 2. The minimum atomic E-state index is -3.43. The number of H-pyrrole nitrogens is 1. The summed E-state index contributed by atoms with van der Waals surface area (Å²) in [6, 6.07) is 8.79. The number of aliphatic hydroxyl groups excluding tert-OH is 1. The van der Waals surface area contributed by atoms with Gasteiger partial charge < -0.3 is 28.7 Å². The predicted octanol–water partition coefficient (Wildman–Crippen LogP) is 0.796. The fraction of sp³-hybridized carbons (Fsp3) is 0.500. The molecule has 12 nitrogen and oxygen atoms in total. The van der Waals surface area contributed by atoms with Gasteiger partial charge in [0.2, 0.25) is 0 Å². The number of carbonyl (C=O) groups excluding carboxylic acids is 1. The van der Waals surface area contributed by atoms with Gasteiger partial charge >= 0.3 is 18.3 Å². The molecular formula is C22H30N3O9PS. The maximum atomic E-state index is 12.4. The summed E-state index contributed by atoms with van der Waals surface area (Å²) in [5.74, 6) is -0.174. The van der Waals surface area contributed by atoms with Crippen molar-refractivity contribution >= 4 is 24.4 Å². The van der Waals surface area contributed by atoms with Crippen LogP contribution in [-0.2, 0) is 30.6 Å². The maximum absolute atomic E-state index is 12.4. The van der Waals surface area contributed by atoms with E-state index in [9.17, 15) is 24.6 Å². The van der Waals surface area contributed by atoms with E-state index in [0.717, 1.165) is 16.8 Å². The monoisotopic (exact) mass is 543 g/mol. The number of esters is 1. The molecule has 0 bridgehead atoms. The quantitative estimate of drug-likeness (QED) is 0.248. The molecule has 36 heavy (non-hydrogen) atoms. The van der Waals surface area contributed by atoms with E-state index in [2.05, 4.69) is 10.1 Å². The van der Waals surface area contributed by atoms with E-state index >= 15 is 0 Å². The molecule has 0 saturated carbocycles. The fourth-order valence-electron chi connectivity index (χ4n) is 3.50. The summed E-state index contributed by atoms with van der Waals surface area (Å²) in [4.78, 5) is 38.1. The molecule has 1 aromatic carbocycles. The summed E-state index contributed by atoms with van der Waals surface area (Å²) in [5, 5.41) is 24.5. The molecule has 6 atom stereocenters. The van der Waals surface area contributed by atoms with Gasteiger partial charge in [0, 0.05) is 12.3 Å². The van der Waals surface area contributed by atoms with Crippen LogP contribution in [0, 0.1) is 0 Å². The van der Waals surface area contributed by atoms with E-state index in [1.54, 1.807) is 51.1 Å². The first-order chi connectivity index (χ1) is 16.8. The highest BCUT2D eigenvalue weighted by atomic mass is 32.5. The number of ether oxygens (including phenoxy) is 2. The lowest BCUT2D eigenvalue weighted by atomic mass is 9.96. The van der Waals surface area contributed by atoms with E-state index in [1.807, 2.05) is 0 Å². The number of aliphatic hydroxyl groups is 2. The smallest absolute Gasteiger partial charge is 0.330 e. The van der Waals surface area contributed by atoms with Gasteiger partial charge in [0.05, 0.1) is 12.7 Å². The van der Waals surface area contributed by atoms with Crippen molar-refractivity contribution in [3.8, 4) is 5.75 Å². The molecule has 1 aliphatic rings. The van der Waals surface area contributed by atoms with E-state index in [4.69, 9.17) is 30.3 Å². The molecule has 1 fully saturated rings. The number of hydrogen-bond acceptors (Lipinski definition) is 10. The minimum absolute atomic E-state index is 0.340. The minimum Gasteiger partial charge on any atom is -0.462 e. The van der Waals surface area contributed by atoms with Crippen LogP contribution in [0.15, 0.2) is 52.2 Å². The number of hydrogen-bond donors (Lipinski definition) is 4. The second-order valence-electron chi connectivity index (χ2n) is 8.75. The summed E-state index contributed by atoms with van der Waals surface area (Å²) in [7, 11) is 0. The Morgan fingerprint density at radius 2 is 1.94 bits per heavy atom. The first-order valence-corrected chi connectivity index (χ1v) is 13.8. The first kappa shape index (κ1) is 28.2. The molecule has 2 aromatic rings. The third-order valence-corrected chi connectivity index (χ3v) is 7.79. The first-order valence-electron chi connectivity index (χ1n) is 11.2. The van der Waals surface area contributed by atoms with Crippen molar-refractivity contribution in [3.05, 3.63) is 63.4 Å². The number of rotatable bonds is 10. The van der Waals surface area contributed by atoms with Gasteiger partial charge in [0.1, 0.15) is 29.6 Å². The second-order valence-corrected chi connectivity index (χ2v) is 11.9. The van der Waals surface area contributed by atoms with Crippen molar-refractivity contribution in [2.45, 2.75) is 63.9 Å². The topological polar surface area (TPSA) is 161 Å². The van der Waals surface area contributed by atoms with E-state index < -0.39 is 53.9 Å². The summed E-state index contributed by atoms with van der Waals surface area (Å²) in [6.07, 6.45) is -3.14. The molecule has 6 unspecified atom stereocenters. The van der Waals surface area contributed by atoms with E-state index in [1.165, 1.54) is 6.92 Å². The summed E-state index contributed by atoms with van der Waals surface area (Å²) in [6.45, 7) is 2.49. The molecule has 4 N–H and O–H groups in total. The molecule has 1 aliphatic heterocycles. The predicted molar refractivity (Wildman–Crippen MR) is 133 cm³/mol. The number of benzene rings is 1. The molecule has 1 aromatic heterocycles. The molecule has 0 aliphatic carbocycles. The Labute approximate surface area is 212 Å². The van der Waals surface area contributed by atoms with E-state index in [-0.39, 0.29) is 12.7 Å². The molecule has 2 heterocycles. The zero-order chi connectivity index (χ0) is 26.7. The number of para-hydroxylation sites is 1. The number of nitrogens with zero attached hydrogens (tertiary/aromatic N) is 1. The van der Waals surface area contributed by atoms with Crippen LogP contribution in [0.5, 0.6) is 5.75 Å². The van der Waals surface area contributed by atoms with Gasteiger partial charge in [0.15, 0.2) is 6.23 Å². The molecule has 198 valence electrons. The number of carbonyl (C=O) groups is 1. The van der Waals surface area contributed by atoms with E-state index in [0.29, 0.717) is 5.75 Å². The Kier molecular flexibility index (Phi) is 8.88. The lowest BCUT2D eigenvalue weighted by molar-refractivity contribution is -0.149. The Balaban J connectivity index is 1.80. The lowest BCUT2D eigenvalue weighted by Gasteiger charge is -2.28. The Morgan fingerprint density at radius 3 is 2.56 bits per heavy atom.